The minimum atomic E-state index is -3.91. The molecule has 0 saturated heterocycles. The summed E-state index contributed by atoms with van der Waals surface area (Å²) in [4.78, 5) is 16.3. The smallest absolute Gasteiger partial charge is 0.265 e. The second-order valence-corrected chi connectivity index (χ2v) is 9.78. The Morgan fingerprint density at radius 2 is 1.90 bits per heavy atom. The maximum Gasteiger partial charge on any atom is 0.265 e. The van der Waals surface area contributed by atoms with E-state index in [9.17, 15) is 13.2 Å². The molecule has 0 fully saturated rings. The number of anilines is 2. The van der Waals surface area contributed by atoms with Crippen LogP contribution < -0.4 is 9.62 Å². The van der Waals surface area contributed by atoms with E-state index in [1.807, 2.05) is 18.2 Å². The van der Waals surface area contributed by atoms with E-state index in [1.165, 1.54) is 28.2 Å². The van der Waals surface area contributed by atoms with Crippen molar-refractivity contribution in [3.63, 3.8) is 0 Å². The van der Waals surface area contributed by atoms with Gasteiger partial charge in [0.25, 0.3) is 10.0 Å². The highest BCUT2D eigenvalue weighted by Gasteiger charge is 2.26. The van der Waals surface area contributed by atoms with Gasteiger partial charge < -0.3 is 5.32 Å². The van der Waals surface area contributed by atoms with Crippen molar-refractivity contribution in [2.75, 3.05) is 21.9 Å². The second kappa shape index (κ2) is 10.7. The molecule has 0 saturated carbocycles. The molecule has 3 aromatic rings. The van der Waals surface area contributed by atoms with Crippen LogP contribution in [0.4, 0.5) is 11.4 Å². The predicted octanol–water partition coefficient (Wildman–Crippen LogP) is 4.82. The number of aromatic nitrogens is 1. The number of pyridine rings is 1. The van der Waals surface area contributed by atoms with Gasteiger partial charge in [-0.25, -0.2) is 8.42 Å². The van der Waals surface area contributed by atoms with Crippen LogP contribution in [0.5, 0.6) is 0 Å². The molecular weight excluding hydrogens is 454 g/mol. The molecule has 0 radical (unpaired) electrons. The van der Waals surface area contributed by atoms with E-state index in [0.29, 0.717) is 17.1 Å². The van der Waals surface area contributed by atoms with Crippen LogP contribution in [0.25, 0.3) is 0 Å². The lowest BCUT2D eigenvalue weighted by Gasteiger charge is -2.23. The molecule has 162 valence electrons. The van der Waals surface area contributed by atoms with Crippen LogP contribution in [0.1, 0.15) is 12.5 Å². The highest BCUT2D eigenvalue weighted by atomic mass is 35.5. The average Bonchev–Trinajstić information content (AvgIpc) is 2.77. The van der Waals surface area contributed by atoms with Crippen LogP contribution in [0, 0.1) is 0 Å². The summed E-state index contributed by atoms with van der Waals surface area (Å²) in [5.41, 5.74) is 1.95. The summed E-state index contributed by atoms with van der Waals surface area (Å²) in [5, 5.41) is 2.84. The summed E-state index contributed by atoms with van der Waals surface area (Å²) in [7, 11) is -3.91. The van der Waals surface area contributed by atoms with E-state index < -0.39 is 10.0 Å². The van der Waals surface area contributed by atoms with Crippen LogP contribution in [0.2, 0.25) is 5.02 Å². The van der Waals surface area contributed by atoms with Gasteiger partial charge in [0.05, 0.1) is 16.5 Å². The number of nitrogens with zero attached hydrogens (tertiary/aromatic N) is 2. The number of sulfonamides is 1. The Hall–Kier alpha value is -2.55. The van der Waals surface area contributed by atoms with Gasteiger partial charge in [-0.3, -0.25) is 14.1 Å². The molecule has 1 amide bonds. The Morgan fingerprint density at radius 1 is 1.13 bits per heavy atom. The standard InChI is InChI=1S/C22H22ClN3O3S2/c1-2-26(19-8-4-3-5-9-19)31(28,29)21-13-18(10-11-20(21)23)25-22(27)16-30-15-17-7-6-12-24-14-17/h3-14H,2,15-16H2,1H3,(H,25,27). The topological polar surface area (TPSA) is 79.4 Å². The van der Waals surface area contributed by atoms with Crippen LogP contribution >= 0.6 is 23.4 Å². The van der Waals surface area contributed by atoms with Gasteiger partial charge in [0.2, 0.25) is 5.91 Å². The number of benzene rings is 2. The zero-order valence-corrected chi connectivity index (χ0v) is 19.3. The van der Waals surface area contributed by atoms with Gasteiger partial charge in [0.1, 0.15) is 4.90 Å². The van der Waals surface area contributed by atoms with Crippen molar-refractivity contribution in [3.8, 4) is 0 Å². The Morgan fingerprint density at radius 3 is 2.58 bits per heavy atom. The first-order valence-corrected chi connectivity index (χ1v) is 12.5. The van der Waals surface area contributed by atoms with E-state index >= 15 is 0 Å². The van der Waals surface area contributed by atoms with Crippen LogP contribution in [-0.2, 0) is 20.6 Å². The number of halogens is 1. The first-order valence-electron chi connectivity index (χ1n) is 9.55. The minimum Gasteiger partial charge on any atom is -0.325 e. The van der Waals surface area contributed by atoms with Gasteiger partial charge in [-0.1, -0.05) is 35.9 Å². The van der Waals surface area contributed by atoms with Crippen molar-refractivity contribution in [2.45, 2.75) is 17.6 Å². The molecule has 0 aliphatic rings. The second-order valence-electron chi connectivity index (χ2n) is 6.55. The lowest BCUT2D eigenvalue weighted by molar-refractivity contribution is -0.113. The molecule has 0 spiro atoms. The van der Waals surface area contributed by atoms with Gasteiger partial charge in [-0.2, -0.15) is 0 Å². The molecule has 0 aliphatic carbocycles. The monoisotopic (exact) mass is 475 g/mol. The van der Waals surface area contributed by atoms with Crippen molar-refractivity contribution in [1.29, 1.82) is 0 Å². The van der Waals surface area contributed by atoms with E-state index in [4.69, 9.17) is 11.6 Å². The molecule has 9 heteroatoms. The number of carbonyl (C=O) groups is 1. The van der Waals surface area contributed by atoms with Crippen molar-refractivity contribution >= 4 is 50.7 Å². The SMILES string of the molecule is CCN(c1ccccc1)S(=O)(=O)c1cc(NC(=O)CSCc2cccnc2)ccc1Cl. The summed E-state index contributed by atoms with van der Waals surface area (Å²) < 4.78 is 27.8. The fourth-order valence-corrected chi connectivity index (χ4v) is 5.67. The molecule has 2 aromatic carbocycles. The van der Waals surface area contributed by atoms with Crippen LogP contribution in [0.3, 0.4) is 0 Å². The molecular formula is C22H22ClN3O3S2. The summed E-state index contributed by atoms with van der Waals surface area (Å²) in [6.45, 7) is 1.99. The van der Waals surface area contributed by atoms with Gasteiger partial charge in [-0.15, -0.1) is 11.8 Å². The van der Waals surface area contributed by atoms with Crippen molar-refractivity contribution in [2.24, 2.45) is 0 Å². The normalized spacial score (nSPS) is 11.2. The summed E-state index contributed by atoms with van der Waals surface area (Å²) in [5.74, 6) is 0.657. The third kappa shape index (κ3) is 6.00. The number of carbonyl (C=O) groups excluding carboxylic acids is 1. The molecule has 0 bridgehead atoms. The van der Waals surface area contributed by atoms with E-state index in [2.05, 4.69) is 10.3 Å². The Bertz CT molecular complexity index is 1130. The van der Waals surface area contributed by atoms with Crippen LogP contribution in [-0.4, -0.2) is 31.6 Å². The highest BCUT2D eigenvalue weighted by Crippen LogP contribution is 2.30. The average molecular weight is 476 g/mol. The predicted molar refractivity (Wildman–Crippen MR) is 127 cm³/mol. The lowest BCUT2D eigenvalue weighted by atomic mass is 10.3. The molecule has 3 rings (SSSR count). The van der Waals surface area contributed by atoms with Gasteiger partial charge in [0, 0.05) is 30.4 Å². The van der Waals surface area contributed by atoms with Gasteiger partial charge in [-0.05, 0) is 48.9 Å². The molecule has 6 nitrogen and oxygen atoms in total. The first kappa shape index (κ1) is 23.1. The van der Waals surface area contributed by atoms with E-state index in [0.717, 1.165) is 5.56 Å². The molecule has 0 aliphatic heterocycles. The maximum absolute atomic E-state index is 13.3. The van der Waals surface area contributed by atoms with E-state index in [1.54, 1.807) is 49.6 Å². The summed E-state index contributed by atoms with van der Waals surface area (Å²) >= 11 is 7.68. The quantitative estimate of drug-likeness (QED) is 0.479. The lowest BCUT2D eigenvalue weighted by Crippen LogP contribution is -2.31. The fraction of sp³-hybridized carbons (Fsp3) is 0.182. The zero-order valence-electron chi connectivity index (χ0n) is 16.9. The number of rotatable bonds is 9. The largest absolute Gasteiger partial charge is 0.325 e. The number of para-hydroxylation sites is 1. The van der Waals surface area contributed by atoms with Crippen molar-refractivity contribution < 1.29 is 13.2 Å². The number of thioether (sulfide) groups is 1. The summed E-state index contributed by atoms with van der Waals surface area (Å²) in [6.07, 6.45) is 3.46. The number of hydrogen-bond donors (Lipinski definition) is 1. The minimum absolute atomic E-state index is 0.0549. The summed E-state index contributed by atoms with van der Waals surface area (Å²) in [6, 6.07) is 17.1. The zero-order chi connectivity index (χ0) is 22.3. The molecule has 0 unspecified atom stereocenters. The van der Waals surface area contributed by atoms with Crippen molar-refractivity contribution in [1.82, 2.24) is 4.98 Å². The van der Waals surface area contributed by atoms with E-state index in [-0.39, 0.29) is 28.1 Å². The van der Waals surface area contributed by atoms with Gasteiger partial charge >= 0.3 is 0 Å². The van der Waals surface area contributed by atoms with Crippen molar-refractivity contribution in [3.05, 3.63) is 83.6 Å². The molecule has 1 heterocycles. The number of hydrogen-bond acceptors (Lipinski definition) is 5. The first-order chi connectivity index (χ1) is 14.9. The van der Waals surface area contributed by atoms with Crippen LogP contribution in [0.15, 0.2) is 78.0 Å². The third-order valence-electron chi connectivity index (χ3n) is 4.34. The maximum atomic E-state index is 13.3. The Balaban J connectivity index is 1.72. The molecule has 31 heavy (non-hydrogen) atoms. The third-order valence-corrected chi connectivity index (χ3v) is 7.73. The van der Waals surface area contributed by atoms with Gasteiger partial charge in [0.15, 0.2) is 0 Å². The highest BCUT2D eigenvalue weighted by molar-refractivity contribution is 7.99. The Labute approximate surface area is 191 Å². The fourth-order valence-electron chi connectivity index (χ4n) is 2.93. The molecule has 1 N–H and O–H groups in total. The Kier molecular flexibility index (Phi) is 7.95. The number of nitrogens with one attached hydrogen (secondary N) is 1. The molecule has 1 aromatic heterocycles. The number of amides is 1. The molecule has 0 atom stereocenters.